The Bertz CT molecular complexity index is 1110. The van der Waals surface area contributed by atoms with Gasteiger partial charge in [-0.3, -0.25) is 14.6 Å². The topological polar surface area (TPSA) is 129 Å². The second-order valence-electron chi connectivity index (χ2n) is 7.25. The molecule has 0 unspecified atom stereocenters. The molecule has 0 radical (unpaired) electrons. The molecule has 0 spiro atoms. The van der Waals surface area contributed by atoms with E-state index in [0.29, 0.717) is 11.6 Å². The van der Waals surface area contributed by atoms with Crippen molar-refractivity contribution in [3.05, 3.63) is 65.5 Å². The summed E-state index contributed by atoms with van der Waals surface area (Å²) < 4.78 is 1.78. The van der Waals surface area contributed by atoms with E-state index >= 15 is 0 Å². The van der Waals surface area contributed by atoms with Crippen LogP contribution in [-0.2, 0) is 4.79 Å². The number of nitroso groups, excluding NO2 is 1. The smallest absolute Gasteiger partial charge is 0.307 e. The first-order valence-corrected chi connectivity index (χ1v) is 9.83. The van der Waals surface area contributed by atoms with Crippen LogP contribution < -0.4 is 10.6 Å². The Balaban J connectivity index is 1.55. The fourth-order valence-electron chi connectivity index (χ4n) is 3.62. The molecule has 1 aliphatic carbocycles. The predicted octanol–water partition coefficient (Wildman–Crippen LogP) is 2.47. The molecule has 1 saturated carbocycles. The van der Waals surface area contributed by atoms with Crippen LogP contribution in [0.1, 0.15) is 25.7 Å². The van der Waals surface area contributed by atoms with Gasteiger partial charge in [-0.1, -0.05) is 30.3 Å². The second kappa shape index (κ2) is 8.75. The monoisotopic (exact) mass is 404 g/mol. The number of hydrogen-bond acceptors (Lipinski definition) is 5. The number of quaternary nitrogens is 1. The van der Waals surface area contributed by atoms with Gasteiger partial charge in [0.25, 0.3) is 0 Å². The zero-order valence-electron chi connectivity index (χ0n) is 16.3. The molecule has 0 aliphatic heterocycles. The van der Waals surface area contributed by atoms with Gasteiger partial charge in [-0.25, -0.2) is 4.98 Å². The number of nitrogens with two attached hydrogens (primary N) is 1. The number of imidazole rings is 1. The maximum Gasteiger partial charge on any atom is 0.310 e. The highest BCUT2D eigenvalue weighted by molar-refractivity contribution is 6.06. The lowest BCUT2D eigenvalue weighted by Gasteiger charge is -2.11. The van der Waals surface area contributed by atoms with Gasteiger partial charge in [0.05, 0.1) is 17.8 Å². The molecule has 9 nitrogen and oxygen atoms in total. The van der Waals surface area contributed by atoms with Gasteiger partial charge in [-0.05, 0) is 36.9 Å². The first-order chi connectivity index (χ1) is 14.6. The number of fused-ring (bicyclic) bond motifs is 1. The summed E-state index contributed by atoms with van der Waals surface area (Å²) in [4.78, 5) is 32.4. The zero-order chi connectivity index (χ0) is 20.9. The molecule has 4 rings (SSSR count). The number of amides is 1. The van der Waals surface area contributed by atoms with E-state index < -0.39 is 11.7 Å². The molecule has 3 aromatic rings. The average Bonchev–Trinajstić information content (AvgIpc) is 3.43. The number of carbonyl (C=O) groups is 1. The van der Waals surface area contributed by atoms with Crippen molar-refractivity contribution in [1.29, 1.82) is 5.41 Å². The highest BCUT2D eigenvalue weighted by atomic mass is 16.3. The number of nitrogens with zero attached hydrogens (tertiary/aromatic N) is 4. The lowest BCUT2D eigenvalue weighted by Crippen LogP contribution is -2.89. The van der Waals surface area contributed by atoms with Gasteiger partial charge in [-0.2, -0.15) is 4.98 Å². The summed E-state index contributed by atoms with van der Waals surface area (Å²) >= 11 is 0. The second-order valence-corrected chi connectivity index (χ2v) is 7.25. The SMILES string of the molecule is N=C(C=C([NH2+]C1CCCC1)C(=O)Nc1ccn2cc(-c3ccccc3)nc2n1)N=O. The van der Waals surface area contributed by atoms with E-state index in [1.54, 1.807) is 16.7 Å². The summed E-state index contributed by atoms with van der Waals surface area (Å²) in [5, 5.41) is 14.7. The third-order valence-electron chi connectivity index (χ3n) is 5.11. The number of hydrogen-bond donors (Lipinski definition) is 3. The molecule has 0 atom stereocenters. The van der Waals surface area contributed by atoms with Crippen molar-refractivity contribution < 1.29 is 10.1 Å². The van der Waals surface area contributed by atoms with Crippen LogP contribution in [0.2, 0.25) is 0 Å². The number of anilines is 1. The fraction of sp³-hybridized carbons (Fsp3) is 0.238. The van der Waals surface area contributed by atoms with Crippen LogP contribution >= 0.6 is 0 Å². The largest absolute Gasteiger partial charge is 0.310 e. The zero-order valence-corrected chi connectivity index (χ0v) is 16.3. The van der Waals surface area contributed by atoms with E-state index in [1.807, 2.05) is 41.8 Å². The van der Waals surface area contributed by atoms with E-state index in [-0.39, 0.29) is 11.7 Å². The van der Waals surface area contributed by atoms with Crippen LogP contribution in [0.3, 0.4) is 0 Å². The molecule has 0 bridgehead atoms. The molecule has 4 N–H and O–H groups in total. The van der Waals surface area contributed by atoms with Crippen LogP contribution in [0, 0.1) is 10.3 Å². The lowest BCUT2D eigenvalue weighted by molar-refractivity contribution is -0.636. The maximum absolute atomic E-state index is 12.8. The molecule has 2 aromatic heterocycles. The number of aromatic nitrogens is 3. The highest BCUT2D eigenvalue weighted by Crippen LogP contribution is 2.19. The Morgan fingerprint density at radius 3 is 2.70 bits per heavy atom. The minimum atomic E-state index is -0.487. The molecule has 1 amide bonds. The number of carbonyl (C=O) groups excluding carboxylic acids is 1. The predicted molar refractivity (Wildman–Crippen MR) is 113 cm³/mol. The highest BCUT2D eigenvalue weighted by Gasteiger charge is 2.24. The van der Waals surface area contributed by atoms with Crippen LogP contribution in [0.4, 0.5) is 5.82 Å². The van der Waals surface area contributed by atoms with Crippen molar-refractivity contribution in [3.63, 3.8) is 0 Å². The van der Waals surface area contributed by atoms with Crippen molar-refractivity contribution in [2.45, 2.75) is 31.7 Å². The molecular formula is C21H22N7O2+. The summed E-state index contributed by atoms with van der Waals surface area (Å²) in [5.74, 6) is -0.117. The number of nitrogens with one attached hydrogen (secondary N) is 2. The van der Waals surface area contributed by atoms with E-state index in [9.17, 15) is 9.70 Å². The normalized spacial score (nSPS) is 14.7. The summed E-state index contributed by atoms with van der Waals surface area (Å²) in [6, 6.07) is 11.7. The number of benzene rings is 1. The fourth-order valence-corrected chi connectivity index (χ4v) is 3.62. The molecule has 1 aliphatic rings. The van der Waals surface area contributed by atoms with Crippen LogP contribution in [0.5, 0.6) is 0 Å². The lowest BCUT2D eigenvalue weighted by atomic mass is 10.2. The molecule has 152 valence electrons. The van der Waals surface area contributed by atoms with Crippen LogP contribution in [0.15, 0.2) is 65.7 Å². The Hall–Kier alpha value is -3.72. The molecular weight excluding hydrogens is 382 g/mol. The standard InChI is InChI=1S/C21H21N7O2/c22-18(27-30)12-16(23-15-8-4-5-9-15)20(29)25-19-10-11-28-13-17(24-21(28)26-19)14-6-2-1-3-7-14/h1-3,6-7,10-13,15,22-23H,4-5,8-9H2,(H,24,25,26,29)/p+1. The first kappa shape index (κ1) is 19.6. The maximum atomic E-state index is 12.8. The quantitative estimate of drug-likeness (QED) is 0.252. The summed E-state index contributed by atoms with van der Waals surface area (Å²) in [6.07, 6.45) is 9.06. The van der Waals surface area contributed by atoms with Gasteiger partial charge in [-0.15, -0.1) is 4.91 Å². The molecule has 30 heavy (non-hydrogen) atoms. The van der Waals surface area contributed by atoms with E-state index in [0.717, 1.165) is 36.9 Å². The van der Waals surface area contributed by atoms with Gasteiger partial charge in [0, 0.05) is 18.0 Å². The molecule has 1 fully saturated rings. The van der Waals surface area contributed by atoms with Crippen molar-refractivity contribution in [1.82, 2.24) is 14.4 Å². The summed E-state index contributed by atoms with van der Waals surface area (Å²) in [5.41, 5.74) is 2.01. The first-order valence-electron chi connectivity index (χ1n) is 9.83. The number of amidine groups is 1. The average molecular weight is 404 g/mol. The van der Waals surface area contributed by atoms with E-state index in [2.05, 4.69) is 20.5 Å². The summed E-state index contributed by atoms with van der Waals surface area (Å²) in [6.45, 7) is 0. The van der Waals surface area contributed by atoms with Gasteiger partial charge >= 0.3 is 5.91 Å². The third-order valence-corrected chi connectivity index (χ3v) is 5.11. The van der Waals surface area contributed by atoms with Crippen LogP contribution in [-0.4, -0.2) is 32.2 Å². The molecule has 1 aromatic carbocycles. The summed E-state index contributed by atoms with van der Waals surface area (Å²) in [7, 11) is 0. The van der Waals surface area contributed by atoms with E-state index in [4.69, 9.17) is 5.41 Å². The van der Waals surface area contributed by atoms with Crippen molar-refractivity contribution in [3.8, 4) is 11.3 Å². The van der Waals surface area contributed by atoms with E-state index in [1.165, 1.54) is 6.08 Å². The Kier molecular flexibility index (Phi) is 5.71. The Morgan fingerprint density at radius 1 is 1.20 bits per heavy atom. The molecule has 9 heteroatoms. The van der Waals surface area contributed by atoms with Gasteiger partial charge in [0.1, 0.15) is 5.82 Å². The van der Waals surface area contributed by atoms with Crippen molar-refractivity contribution >= 4 is 23.3 Å². The van der Waals surface area contributed by atoms with Gasteiger partial charge in [0.2, 0.25) is 5.78 Å². The minimum absolute atomic E-state index is 0.251. The Morgan fingerprint density at radius 2 is 1.97 bits per heavy atom. The van der Waals surface area contributed by atoms with Crippen molar-refractivity contribution in [2.75, 3.05) is 5.32 Å². The minimum Gasteiger partial charge on any atom is -0.307 e. The molecule has 0 saturated heterocycles. The van der Waals surface area contributed by atoms with Crippen LogP contribution in [0.25, 0.3) is 17.0 Å². The van der Waals surface area contributed by atoms with Gasteiger partial charge < -0.3 is 10.6 Å². The molecule has 2 heterocycles. The number of rotatable bonds is 6. The Labute approximate surface area is 172 Å². The van der Waals surface area contributed by atoms with Crippen molar-refractivity contribution in [2.24, 2.45) is 5.18 Å². The van der Waals surface area contributed by atoms with Gasteiger partial charge in [0.15, 0.2) is 11.5 Å². The third kappa shape index (κ3) is 4.47.